The number of amides is 1. The molecule has 31 heavy (non-hydrogen) atoms. The van der Waals surface area contributed by atoms with E-state index in [1.165, 1.54) is 0 Å². The number of halogens is 1. The van der Waals surface area contributed by atoms with E-state index >= 15 is 0 Å². The third-order valence-electron chi connectivity index (χ3n) is 4.66. The SMILES string of the molecule is Cl.NNC(=O)CC1=Nc2ccccc2[N+]1=Cc1cc(OCc2ccccc2)ccc1O. The van der Waals surface area contributed by atoms with Gasteiger partial charge in [0.05, 0.1) is 5.56 Å². The second-order valence-corrected chi connectivity index (χ2v) is 6.76. The Morgan fingerprint density at radius 3 is 2.61 bits per heavy atom. The first-order chi connectivity index (χ1) is 14.6. The highest BCUT2D eigenvalue weighted by atomic mass is 35.5. The molecule has 0 fully saturated rings. The van der Waals surface area contributed by atoms with Crippen LogP contribution in [0.4, 0.5) is 11.4 Å². The number of fused-ring (bicyclic) bond motifs is 1. The topological polar surface area (TPSA) is 100.0 Å². The van der Waals surface area contributed by atoms with Crippen LogP contribution in [0.15, 0.2) is 77.8 Å². The second-order valence-electron chi connectivity index (χ2n) is 6.76. The number of benzene rings is 3. The molecule has 158 valence electrons. The molecular weight excluding hydrogens is 416 g/mol. The number of amidine groups is 1. The Morgan fingerprint density at radius 2 is 1.84 bits per heavy atom. The lowest BCUT2D eigenvalue weighted by atomic mass is 10.2. The van der Waals surface area contributed by atoms with Crippen LogP contribution >= 0.6 is 12.4 Å². The van der Waals surface area contributed by atoms with Gasteiger partial charge >= 0.3 is 5.84 Å². The maximum Gasteiger partial charge on any atom is 0.314 e. The van der Waals surface area contributed by atoms with Gasteiger partial charge in [-0.1, -0.05) is 42.5 Å². The van der Waals surface area contributed by atoms with E-state index < -0.39 is 0 Å². The van der Waals surface area contributed by atoms with E-state index in [2.05, 4.69) is 10.4 Å². The molecule has 7 nitrogen and oxygen atoms in total. The monoisotopic (exact) mass is 437 g/mol. The van der Waals surface area contributed by atoms with Gasteiger partial charge in [-0.05, 0) is 40.9 Å². The molecule has 1 heterocycles. The average molecular weight is 438 g/mol. The van der Waals surface area contributed by atoms with Crippen LogP contribution in [0.25, 0.3) is 0 Å². The van der Waals surface area contributed by atoms with Crippen molar-refractivity contribution in [1.82, 2.24) is 5.43 Å². The largest absolute Gasteiger partial charge is 0.507 e. The average Bonchev–Trinajstić information content (AvgIpc) is 3.11. The zero-order valence-electron chi connectivity index (χ0n) is 16.6. The van der Waals surface area contributed by atoms with Crippen LogP contribution < -0.4 is 16.0 Å². The van der Waals surface area contributed by atoms with Crippen molar-refractivity contribution in [3.8, 4) is 11.5 Å². The number of ether oxygens (including phenoxy) is 1. The normalized spacial score (nSPS) is 13.2. The van der Waals surface area contributed by atoms with Gasteiger partial charge < -0.3 is 9.84 Å². The van der Waals surface area contributed by atoms with Gasteiger partial charge in [-0.25, -0.2) is 5.84 Å². The number of phenols is 1. The van der Waals surface area contributed by atoms with Crippen LogP contribution in [-0.2, 0) is 11.4 Å². The molecule has 3 aromatic carbocycles. The summed E-state index contributed by atoms with van der Waals surface area (Å²) < 4.78 is 7.65. The van der Waals surface area contributed by atoms with Crippen LogP contribution in [0.5, 0.6) is 11.5 Å². The maximum absolute atomic E-state index is 11.8. The van der Waals surface area contributed by atoms with Crippen molar-refractivity contribution < 1.29 is 19.2 Å². The van der Waals surface area contributed by atoms with Crippen molar-refractivity contribution >= 4 is 41.7 Å². The highest BCUT2D eigenvalue weighted by Gasteiger charge is 2.31. The van der Waals surface area contributed by atoms with Gasteiger partial charge in [0.2, 0.25) is 11.6 Å². The van der Waals surface area contributed by atoms with Gasteiger partial charge in [0.15, 0.2) is 5.69 Å². The molecule has 4 N–H and O–H groups in total. The van der Waals surface area contributed by atoms with E-state index in [4.69, 9.17) is 10.6 Å². The van der Waals surface area contributed by atoms with E-state index in [9.17, 15) is 9.90 Å². The number of nitrogens with one attached hydrogen (secondary N) is 1. The van der Waals surface area contributed by atoms with E-state index in [0.29, 0.717) is 23.8 Å². The van der Waals surface area contributed by atoms with E-state index in [0.717, 1.165) is 16.9 Å². The standard InChI is InChI=1S/C23H20N4O3.ClH/c24-26-23(29)13-22-25-19-8-4-5-9-20(19)27(22)14-17-12-18(10-11-21(17)28)30-15-16-6-2-1-3-7-16;/h1-12,14H,13,15,24H2,(H,26,29);1H/p+1. The number of hydrazine groups is 1. The van der Waals surface area contributed by atoms with Gasteiger partial charge in [0.1, 0.15) is 30.7 Å². The van der Waals surface area contributed by atoms with Gasteiger partial charge in [-0.3, -0.25) is 10.2 Å². The fourth-order valence-corrected chi connectivity index (χ4v) is 3.16. The number of nitrogens with zero attached hydrogens (tertiary/aromatic N) is 2. The molecule has 1 aliphatic heterocycles. The van der Waals surface area contributed by atoms with Crippen LogP contribution in [0, 0.1) is 0 Å². The lowest BCUT2D eigenvalue weighted by Crippen LogP contribution is -2.33. The van der Waals surface area contributed by atoms with Gasteiger partial charge in [0, 0.05) is 0 Å². The number of nitrogens with two attached hydrogens (primary N) is 1. The fourth-order valence-electron chi connectivity index (χ4n) is 3.16. The number of rotatable bonds is 6. The summed E-state index contributed by atoms with van der Waals surface area (Å²) in [6.45, 7) is 0.418. The summed E-state index contributed by atoms with van der Waals surface area (Å²) in [6, 6.07) is 22.4. The quantitative estimate of drug-likeness (QED) is 0.237. The Kier molecular flexibility index (Phi) is 7.02. The van der Waals surface area contributed by atoms with Crippen LogP contribution in [0.3, 0.4) is 0 Å². The number of hydrogen-bond donors (Lipinski definition) is 3. The molecule has 0 radical (unpaired) electrons. The van der Waals surface area contributed by atoms with Crippen LogP contribution in [0.1, 0.15) is 17.5 Å². The Balaban J connectivity index is 0.00000272. The van der Waals surface area contributed by atoms with E-state index in [1.807, 2.05) is 54.6 Å². The molecule has 0 atom stereocenters. The fraction of sp³-hybridized carbons (Fsp3) is 0.0870. The summed E-state index contributed by atoms with van der Waals surface area (Å²) in [4.78, 5) is 16.4. The van der Waals surface area contributed by atoms with Crippen molar-refractivity contribution in [1.29, 1.82) is 0 Å². The number of para-hydroxylation sites is 2. The molecule has 1 amide bonds. The highest BCUT2D eigenvalue weighted by Crippen LogP contribution is 2.34. The summed E-state index contributed by atoms with van der Waals surface area (Å²) >= 11 is 0. The Morgan fingerprint density at radius 1 is 1.10 bits per heavy atom. The van der Waals surface area contributed by atoms with Gasteiger partial charge in [0.25, 0.3) is 0 Å². The minimum absolute atomic E-state index is 0. The summed E-state index contributed by atoms with van der Waals surface area (Å²) in [5.41, 5.74) is 5.27. The molecular formula is C23H22ClN4O3+. The number of phenolic OH excluding ortho intramolecular Hbond substituents is 1. The minimum atomic E-state index is -0.357. The Hall–Kier alpha value is -3.68. The summed E-state index contributed by atoms with van der Waals surface area (Å²) in [7, 11) is 0. The van der Waals surface area contributed by atoms with Crippen LogP contribution in [-0.4, -0.2) is 27.6 Å². The van der Waals surface area contributed by atoms with Crippen molar-refractivity contribution in [3.63, 3.8) is 0 Å². The summed E-state index contributed by atoms with van der Waals surface area (Å²) in [5.74, 6) is 6.10. The predicted octanol–water partition coefficient (Wildman–Crippen LogP) is 3.58. The number of hydrogen-bond acceptors (Lipinski definition) is 5. The molecule has 4 rings (SSSR count). The van der Waals surface area contributed by atoms with Gasteiger partial charge in [-0.15, -0.1) is 12.4 Å². The molecule has 0 unspecified atom stereocenters. The van der Waals surface area contributed by atoms with E-state index in [1.54, 1.807) is 29.0 Å². The zero-order chi connectivity index (χ0) is 20.9. The Bertz CT molecular complexity index is 1150. The molecule has 0 saturated heterocycles. The number of aliphatic imine (C=N–C) groups is 1. The predicted molar refractivity (Wildman–Crippen MR) is 122 cm³/mol. The number of carbonyl (C=O) groups is 1. The van der Waals surface area contributed by atoms with Gasteiger partial charge in [-0.2, -0.15) is 4.58 Å². The molecule has 0 bridgehead atoms. The molecule has 8 heteroatoms. The van der Waals surface area contributed by atoms with Crippen molar-refractivity contribution in [2.45, 2.75) is 13.0 Å². The molecule has 0 spiro atoms. The molecule has 0 saturated carbocycles. The first kappa shape index (κ1) is 22.0. The first-order valence-electron chi connectivity index (χ1n) is 9.44. The number of aromatic hydroxyl groups is 1. The Labute approximate surface area is 185 Å². The first-order valence-corrected chi connectivity index (χ1v) is 9.44. The van der Waals surface area contributed by atoms with Crippen molar-refractivity contribution in [2.24, 2.45) is 10.8 Å². The summed E-state index contributed by atoms with van der Waals surface area (Å²) in [6.07, 6.45) is 1.74. The zero-order valence-corrected chi connectivity index (χ0v) is 17.4. The maximum atomic E-state index is 11.8. The van der Waals surface area contributed by atoms with Crippen molar-refractivity contribution in [2.75, 3.05) is 0 Å². The smallest absolute Gasteiger partial charge is 0.314 e. The molecule has 3 aromatic rings. The lowest BCUT2D eigenvalue weighted by Gasteiger charge is -2.08. The minimum Gasteiger partial charge on any atom is -0.507 e. The van der Waals surface area contributed by atoms with E-state index in [-0.39, 0.29) is 30.5 Å². The lowest BCUT2D eigenvalue weighted by molar-refractivity contribution is -0.296. The van der Waals surface area contributed by atoms with Crippen molar-refractivity contribution in [3.05, 3.63) is 83.9 Å². The van der Waals surface area contributed by atoms with Crippen LogP contribution in [0.2, 0.25) is 0 Å². The molecule has 0 aromatic heterocycles. The third-order valence-corrected chi connectivity index (χ3v) is 4.66. The molecule has 0 aliphatic carbocycles. The third kappa shape index (κ3) is 5.09. The second kappa shape index (κ2) is 9.88. The number of carbonyl (C=O) groups excluding carboxylic acids is 1. The highest BCUT2D eigenvalue weighted by molar-refractivity contribution is 6.02. The summed E-state index contributed by atoms with van der Waals surface area (Å²) in [5, 5.41) is 10.4. The molecule has 1 aliphatic rings.